The molecule has 0 spiro atoms. The van der Waals surface area contributed by atoms with E-state index in [1.54, 1.807) is 6.92 Å². The van der Waals surface area contributed by atoms with Crippen molar-refractivity contribution in [2.45, 2.75) is 82.6 Å². The number of aliphatic hydroxyl groups is 1. The van der Waals surface area contributed by atoms with Gasteiger partial charge in [0.05, 0.1) is 10.4 Å². The minimum absolute atomic E-state index is 0.107. The number of carbonyl (C=O) groups is 1. The van der Waals surface area contributed by atoms with Gasteiger partial charge >= 0.3 is 0 Å². The molecule has 3 fully saturated rings. The van der Waals surface area contributed by atoms with E-state index < -0.39 is 0 Å². The summed E-state index contributed by atoms with van der Waals surface area (Å²) in [6, 6.07) is 0. The minimum Gasteiger partial charge on any atom is -0.393 e. The molecule has 7 atom stereocenters. The number of halogens is 1. The van der Waals surface area contributed by atoms with Crippen LogP contribution in [-0.4, -0.2) is 21.3 Å². The van der Waals surface area contributed by atoms with Crippen molar-refractivity contribution in [3.8, 4) is 0 Å². The summed E-state index contributed by atoms with van der Waals surface area (Å²) in [5.41, 5.74) is 1.92. The van der Waals surface area contributed by atoms with Gasteiger partial charge in [-0.15, -0.1) is 0 Å². The molecule has 4 rings (SSSR count). The van der Waals surface area contributed by atoms with Crippen LogP contribution >= 0.6 is 15.9 Å². The van der Waals surface area contributed by atoms with E-state index in [0.29, 0.717) is 17.6 Å². The highest BCUT2D eigenvalue weighted by Gasteiger charge is 2.64. The van der Waals surface area contributed by atoms with Crippen LogP contribution in [0.25, 0.3) is 0 Å². The number of hydrogen-bond acceptors (Lipinski definition) is 2. The minimum atomic E-state index is -0.302. The fourth-order valence-electron chi connectivity index (χ4n) is 7.20. The van der Waals surface area contributed by atoms with Crippen molar-refractivity contribution in [3.05, 3.63) is 11.6 Å². The van der Waals surface area contributed by atoms with Crippen molar-refractivity contribution in [1.29, 1.82) is 0 Å². The van der Waals surface area contributed by atoms with E-state index in [1.807, 2.05) is 0 Å². The first-order valence-corrected chi connectivity index (χ1v) is 10.6. The first kappa shape index (κ1) is 17.3. The maximum Gasteiger partial charge on any atom is 0.147 e. The second kappa shape index (κ2) is 5.42. The van der Waals surface area contributed by atoms with Crippen LogP contribution in [0, 0.1) is 28.6 Å². The Balaban J connectivity index is 1.69. The Morgan fingerprint density at radius 1 is 1.17 bits per heavy atom. The molecule has 0 aromatic rings. The van der Waals surface area contributed by atoms with Crippen molar-refractivity contribution in [3.63, 3.8) is 0 Å². The predicted octanol–water partition coefficient (Wildman–Crippen LogP) is 5.03. The molecule has 4 aliphatic rings. The Bertz CT molecular complexity index is 599. The van der Waals surface area contributed by atoms with Crippen molar-refractivity contribution < 1.29 is 9.90 Å². The smallest absolute Gasteiger partial charge is 0.147 e. The van der Waals surface area contributed by atoms with Crippen molar-refractivity contribution >= 4 is 21.7 Å². The van der Waals surface area contributed by atoms with Gasteiger partial charge in [-0.05, 0) is 86.9 Å². The van der Waals surface area contributed by atoms with Crippen LogP contribution in [0.2, 0.25) is 0 Å². The quantitative estimate of drug-likeness (QED) is 0.499. The highest BCUT2D eigenvalue weighted by Crippen LogP contribution is 2.69. The van der Waals surface area contributed by atoms with E-state index in [0.717, 1.165) is 44.4 Å². The Morgan fingerprint density at radius 2 is 1.88 bits per heavy atom. The van der Waals surface area contributed by atoms with Crippen LogP contribution in [0.1, 0.15) is 72.1 Å². The number of allylic oxidation sites excluding steroid dienone is 1. The number of rotatable bonds is 1. The summed E-state index contributed by atoms with van der Waals surface area (Å²) in [6.45, 7) is 6.62. The third-order valence-corrected chi connectivity index (χ3v) is 10.6. The lowest BCUT2D eigenvalue weighted by Gasteiger charge is -2.58. The van der Waals surface area contributed by atoms with Gasteiger partial charge < -0.3 is 5.11 Å². The van der Waals surface area contributed by atoms with E-state index in [9.17, 15) is 9.90 Å². The first-order valence-electron chi connectivity index (χ1n) is 9.80. The Hall–Kier alpha value is -0.150. The maximum atomic E-state index is 12.4. The average molecular weight is 395 g/mol. The van der Waals surface area contributed by atoms with Gasteiger partial charge in [0.25, 0.3) is 0 Å². The van der Waals surface area contributed by atoms with Crippen LogP contribution in [0.3, 0.4) is 0 Å². The zero-order valence-corrected chi connectivity index (χ0v) is 16.9. The monoisotopic (exact) mass is 394 g/mol. The topological polar surface area (TPSA) is 37.3 Å². The molecule has 134 valence electrons. The summed E-state index contributed by atoms with van der Waals surface area (Å²) < 4.78 is -0.302. The molecule has 2 nitrogen and oxygen atoms in total. The van der Waals surface area contributed by atoms with E-state index in [-0.39, 0.29) is 21.3 Å². The SMILES string of the molecule is CC(=O)[C@]1(Br)CCC2C3CC=C4C[C@@H](O)CC[C@]4(C)C3CC[C@@]21C. The second-order valence-electron chi connectivity index (χ2n) is 9.51. The normalized spacial score (nSPS) is 53.6. The van der Waals surface area contributed by atoms with Crippen LogP contribution in [0.5, 0.6) is 0 Å². The van der Waals surface area contributed by atoms with Crippen LogP contribution in [-0.2, 0) is 4.79 Å². The highest BCUT2D eigenvalue weighted by atomic mass is 79.9. The van der Waals surface area contributed by atoms with Crippen LogP contribution < -0.4 is 0 Å². The molecule has 0 heterocycles. The van der Waals surface area contributed by atoms with E-state index >= 15 is 0 Å². The number of alkyl halides is 1. The standard InChI is InChI=1S/C21H31BrO2/c1-13(23)21(22)11-8-18-16-5-4-14-12-15(24)6-9-19(14,2)17(16)7-10-20(18,21)3/h4,15-18,24H,5-12H2,1-3H3/t15-,16?,17?,18?,19-,20-,21+/m0/s1. The summed E-state index contributed by atoms with van der Waals surface area (Å²) in [5, 5.41) is 10.1. The lowest BCUT2D eigenvalue weighted by molar-refractivity contribution is -0.124. The zero-order chi connectivity index (χ0) is 17.3. The molecule has 0 amide bonds. The van der Waals surface area contributed by atoms with Gasteiger partial charge in [0.15, 0.2) is 0 Å². The fourth-order valence-corrected chi connectivity index (χ4v) is 7.93. The molecule has 0 bridgehead atoms. The summed E-state index contributed by atoms with van der Waals surface area (Å²) in [7, 11) is 0. The van der Waals surface area contributed by atoms with E-state index in [2.05, 4.69) is 35.9 Å². The van der Waals surface area contributed by atoms with Gasteiger partial charge in [-0.2, -0.15) is 0 Å². The van der Waals surface area contributed by atoms with Gasteiger partial charge in [-0.3, -0.25) is 4.79 Å². The van der Waals surface area contributed by atoms with Crippen molar-refractivity contribution in [2.24, 2.45) is 28.6 Å². The van der Waals surface area contributed by atoms with Gasteiger partial charge in [0.2, 0.25) is 0 Å². The number of ketones is 1. The summed E-state index contributed by atoms with van der Waals surface area (Å²) in [4.78, 5) is 12.4. The van der Waals surface area contributed by atoms with Gasteiger partial charge in [-0.25, -0.2) is 0 Å². The van der Waals surface area contributed by atoms with Gasteiger partial charge in [-0.1, -0.05) is 41.4 Å². The van der Waals surface area contributed by atoms with E-state index in [4.69, 9.17) is 0 Å². The van der Waals surface area contributed by atoms with Gasteiger partial charge in [0, 0.05) is 0 Å². The molecular formula is C21H31BrO2. The average Bonchev–Trinajstić information content (AvgIpc) is 2.81. The third kappa shape index (κ3) is 2.06. The molecule has 0 aliphatic heterocycles. The Kier molecular flexibility index (Phi) is 3.90. The van der Waals surface area contributed by atoms with Crippen molar-refractivity contribution in [1.82, 2.24) is 0 Å². The Labute approximate surface area is 154 Å². The maximum absolute atomic E-state index is 12.4. The van der Waals surface area contributed by atoms with Gasteiger partial charge in [0.1, 0.15) is 5.78 Å². The lowest BCUT2D eigenvalue weighted by Crippen LogP contribution is -2.54. The van der Waals surface area contributed by atoms with Crippen LogP contribution in [0.15, 0.2) is 11.6 Å². The molecule has 0 saturated heterocycles. The number of Topliss-reactive ketones (excluding diaryl/α,β-unsaturated/α-hetero) is 1. The molecule has 3 unspecified atom stereocenters. The molecule has 24 heavy (non-hydrogen) atoms. The first-order chi connectivity index (χ1) is 11.2. The predicted molar refractivity (Wildman–Crippen MR) is 100 cm³/mol. The highest BCUT2D eigenvalue weighted by molar-refractivity contribution is 9.10. The van der Waals surface area contributed by atoms with E-state index in [1.165, 1.54) is 18.4 Å². The molecule has 1 N–H and O–H groups in total. The second-order valence-corrected chi connectivity index (χ2v) is 10.9. The lowest BCUT2D eigenvalue weighted by atomic mass is 9.47. The summed E-state index contributed by atoms with van der Waals surface area (Å²) in [5.74, 6) is 2.43. The Morgan fingerprint density at radius 3 is 2.58 bits per heavy atom. The number of aliphatic hydroxyl groups excluding tert-OH is 1. The van der Waals surface area contributed by atoms with Crippen molar-refractivity contribution in [2.75, 3.05) is 0 Å². The molecule has 0 aromatic carbocycles. The van der Waals surface area contributed by atoms with Crippen LogP contribution in [0.4, 0.5) is 0 Å². The fraction of sp³-hybridized carbons (Fsp3) is 0.857. The number of carbonyl (C=O) groups excluding carboxylic acids is 1. The largest absolute Gasteiger partial charge is 0.393 e. The summed E-state index contributed by atoms with van der Waals surface area (Å²) >= 11 is 3.92. The molecule has 3 heteroatoms. The summed E-state index contributed by atoms with van der Waals surface area (Å²) in [6.07, 6.45) is 11.1. The molecule has 3 saturated carbocycles. The molecule has 4 aliphatic carbocycles. The number of fused-ring (bicyclic) bond motifs is 5. The number of hydrogen-bond donors (Lipinski definition) is 1. The zero-order valence-electron chi connectivity index (χ0n) is 15.3. The third-order valence-electron chi connectivity index (χ3n) is 8.73. The molecular weight excluding hydrogens is 364 g/mol. The molecule has 0 aromatic heterocycles. The molecule has 0 radical (unpaired) electrons.